The van der Waals surface area contributed by atoms with Gasteiger partial charge in [-0.25, -0.2) is 4.39 Å². The second-order valence-corrected chi connectivity index (χ2v) is 4.64. The van der Waals surface area contributed by atoms with Crippen LogP contribution in [0.15, 0.2) is 24.4 Å². The van der Waals surface area contributed by atoms with E-state index in [0.717, 1.165) is 10.9 Å². The lowest BCUT2D eigenvalue weighted by molar-refractivity contribution is 0.595. The summed E-state index contributed by atoms with van der Waals surface area (Å²) in [5.41, 5.74) is 2.19. The Labute approximate surface area is 82.9 Å². The van der Waals surface area contributed by atoms with Crippen molar-refractivity contribution in [3.63, 3.8) is 0 Å². The average Bonchev–Trinajstić information content (AvgIpc) is 2.45. The summed E-state index contributed by atoms with van der Waals surface area (Å²) in [6.45, 7) is 6.46. The molecule has 0 aliphatic rings. The Bertz CT molecular complexity index is 463. The number of fused-ring (bicyclic) bond motifs is 1. The normalized spacial score (nSPS) is 12.3. The maximum absolute atomic E-state index is 12.9. The van der Waals surface area contributed by atoms with E-state index in [1.54, 1.807) is 0 Å². The molecule has 0 fully saturated rings. The van der Waals surface area contributed by atoms with E-state index in [1.807, 2.05) is 12.3 Å². The van der Waals surface area contributed by atoms with Crippen molar-refractivity contribution in [3.8, 4) is 0 Å². The second kappa shape index (κ2) is 2.84. The Balaban J connectivity index is 2.70. The summed E-state index contributed by atoms with van der Waals surface area (Å²) < 4.78 is 12.9. The van der Waals surface area contributed by atoms with Gasteiger partial charge in [-0.1, -0.05) is 20.8 Å². The molecule has 1 N–H and O–H groups in total. The molecule has 74 valence electrons. The van der Waals surface area contributed by atoms with Crippen molar-refractivity contribution in [2.24, 2.45) is 0 Å². The molecule has 0 bridgehead atoms. The molecule has 2 heteroatoms. The van der Waals surface area contributed by atoms with Crippen LogP contribution in [-0.4, -0.2) is 4.98 Å². The molecular formula is C12H14FN. The SMILES string of the molecule is CC(C)(C)c1c[nH]c2cc(F)ccc12. The zero-order valence-corrected chi connectivity index (χ0v) is 8.69. The minimum atomic E-state index is -0.195. The molecule has 0 saturated heterocycles. The molecule has 2 aromatic rings. The molecule has 2 rings (SSSR count). The van der Waals surface area contributed by atoms with Crippen LogP contribution in [0.1, 0.15) is 26.3 Å². The molecule has 1 heterocycles. The van der Waals surface area contributed by atoms with Crippen LogP contribution >= 0.6 is 0 Å². The number of nitrogens with one attached hydrogen (secondary N) is 1. The second-order valence-electron chi connectivity index (χ2n) is 4.64. The van der Waals surface area contributed by atoms with Crippen LogP contribution in [0.5, 0.6) is 0 Å². The maximum atomic E-state index is 12.9. The molecule has 0 aliphatic heterocycles. The highest BCUT2D eigenvalue weighted by atomic mass is 19.1. The van der Waals surface area contributed by atoms with E-state index >= 15 is 0 Å². The van der Waals surface area contributed by atoms with Gasteiger partial charge in [0.1, 0.15) is 5.82 Å². The first-order chi connectivity index (χ1) is 6.48. The van der Waals surface area contributed by atoms with E-state index in [2.05, 4.69) is 25.8 Å². The first kappa shape index (κ1) is 9.25. The number of aromatic nitrogens is 1. The van der Waals surface area contributed by atoms with Crippen LogP contribution in [0.3, 0.4) is 0 Å². The van der Waals surface area contributed by atoms with Crippen LogP contribution < -0.4 is 0 Å². The minimum absolute atomic E-state index is 0.0933. The third kappa shape index (κ3) is 1.41. The molecule has 1 aromatic carbocycles. The summed E-state index contributed by atoms with van der Waals surface area (Å²) in [5.74, 6) is -0.195. The van der Waals surface area contributed by atoms with Gasteiger partial charge in [0, 0.05) is 17.1 Å². The van der Waals surface area contributed by atoms with Crippen molar-refractivity contribution in [2.45, 2.75) is 26.2 Å². The molecule has 0 atom stereocenters. The van der Waals surface area contributed by atoms with E-state index < -0.39 is 0 Å². The molecule has 1 nitrogen and oxygen atoms in total. The Morgan fingerprint density at radius 2 is 1.93 bits per heavy atom. The van der Waals surface area contributed by atoms with Crippen molar-refractivity contribution >= 4 is 10.9 Å². The lowest BCUT2D eigenvalue weighted by Crippen LogP contribution is -2.09. The fourth-order valence-electron chi connectivity index (χ4n) is 1.72. The van der Waals surface area contributed by atoms with Gasteiger partial charge in [0.15, 0.2) is 0 Å². The Morgan fingerprint density at radius 3 is 2.57 bits per heavy atom. The molecule has 1 aromatic heterocycles. The molecule has 0 saturated carbocycles. The number of H-pyrrole nitrogens is 1. The zero-order chi connectivity index (χ0) is 10.3. The van der Waals surface area contributed by atoms with Gasteiger partial charge >= 0.3 is 0 Å². The predicted molar refractivity (Wildman–Crippen MR) is 57.0 cm³/mol. The predicted octanol–water partition coefficient (Wildman–Crippen LogP) is 3.60. The number of rotatable bonds is 0. The Hall–Kier alpha value is -1.31. The smallest absolute Gasteiger partial charge is 0.125 e. The zero-order valence-electron chi connectivity index (χ0n) is 8.69. The quantitative estimate of drug-likeness (QED) is 0.654. The van der Waals surface area contributed by atoms with E-state index in [-0.39, 0.29) is 11.2 Å². The summed E-state index contributed by atoms with van der Waals surface area (Å²) in [6.07, 6.45) is 1.96. The third-order valence-electron chi connectivity index (χ3n) is 2.45. The van der Waals surface area contributed by atoms with Crippen molar-refractivity contribution in [2.75, 3.05) is 0 Å². The van der Waals surface area contributed by atoms with Crippen molar-refractivity contribution < 1.29 is 4.39 Å². The summed E-state index contributed by atoms with van der Waals surface area (Å²) in [6, 6.07) is 4.87. The molecule has 0 aliphatic carbocycles. The van der Waals surface area contributed by atoms with Crippen molar-refractivity contribution in [3.05, 3.63) is 35.8 Å². The maximum Gasteiger partial charge on any atom is 0.125 e. The molecule has 0 spiro atoms. The average molecular weight is 191 g/mol. The summed E-state index contributed by atoms with van der Waals surface area (Å²) in [5, 5.41) is 1.11. The molecular weight excluding hydrogens is 177 g/mol. The van der Waals surface area contributed by atoms with Crippen molar-refractivity contribution in [1.82, 2.24) is 4.98 Å². The monoisotopic (exact) mass is 191 g/mol. The van der Waals surface area contributed by atoms with Gasteiger partial charge in [-0.2, -0.15) is 0 Å². The Morgan fingerprint density at radius 1 is 1.21 bits per heavy atom. The fraction of sp³-hybridized carbons (Fsp3) is 0.333. The highest BCUT2D eigenvalue weighted by Gasteiger charge is 2.17. The van der Waals surface area contributed by atoms with Gasteiger partial charge in [-0.15, -0.1) is 0 Å². The summed E-state index contributed by atoms with van der Waals surface area (Å²) >= 11 is 0. The molecule has 0 radical (unpaired) electrons. The first-order valence-electron chi connectivity index (χ1n) is 4.75. The van der Waals surface area contributed by atoms with Crippen molar-refractivity contribution in [1.29, 1.82) is 0 Å². The van der Waals surface area contributed by atoms with Crippen LogP contribution in [0, 0.1) is 5.82 Å². The van der Waals surface area contributed by atoms with Gasteiger partial charge in [0.05, 0.1) is 0 Å². The van der Waals surface area contributed by atoms with E-state index in [9.17, 15) is 4.39 Å². The topological polar surface area (TPSA) is 15.8 Å². The highest BCUT2D eigenvalue weighted by Crippen LogP contribution is 2.29. The highest BCUT2D eigenvalue weighted by molar-refractivity contribution is 5.84. The van der Waals surface area contributed by atoms with E-state index in [0.29, 0.717) is 0 Å². The number of hydrogen-bond acceptors (Lipinski definition) is 0. The van der Waals surface area contributed by atoms with Gasteiger partial charge in [0.2, 0.25) is 0 Å². The summed E-state index contributed by atoms with van der Waals surface area (Å²) in [7, 11) is 0. The largest absolute Gasteiger partial charge is 0.361 e. The lowest BCUT2D eigenvalue weighted by atomic mass is 9.87. The van der Waals surface area contributed by atoms with Gasteiger partial charge < -0.3 is 4.98 Å². The lowest BCUT2D eigenvalue weighted by Gasteiger charge is -2.17. The molecule has 0 amide bonds. The molecule has 0 unspecified atom stereocenters. The number of halogens is 1. The standard InChI is InChI=1S/C12H14FN/c1-12(2,3)10-7-14-11-6-8(13)4-5-9(10)11/h4-7,14H,1-3H3. The van der Waals surface area contributed by atoms with E-state index in [1.165, 1.54) is 17.7 Å². The number of hydrogen-bond donors (Lipinski definition) is 1. The number of aromatic amines is 1. The van der Waals surface area contributed by atoms with Crippen LogP contribution in [0.4, 0.5) is 4.39 Å². The Kier molecular flexibility index (Phi) is 1.88. The van der Waals surface area contributed by atoms with E-state index in [4.69, 9.17) is 0 Å². The summed E-state index contributed by atoms with van der Waals surface area (Å²) in [4.78, 5) is 3.10. The fourth-order valence-corrected chi connectivity index (χ4v) is 1.72. The minimum Gasteiger partial charge on any atom is -0.361 e. The van der Waals surface area contributed by atoms with Gasteiger partial charge in [0.25, 0.3) is 0 Å². The van der Waals surface area contributed by atoms with Crippen LogP contribution in [0.25, 0.3) is 10.9 Å². The van der Waals surface area contributed by atoms with Crippen LogP contribution in [0.2, 0.25) is 0 Å². The first-order valence-corrected chi connectivity index (χ1v) is 4.75. The number of benzene rings is 1. The van der Waals surface area contributed by atoms with Gasteiger partial charge in [-0.3, -0.25) is 0 Å². The van der Waals surface area contributed by atoms with Crippen LogP contribution in [-0.2, 0) is 5.41 Å². The third-order valence-corrected chi connectivity index (χ3v) is 2.45. The van der Waals surface area contributed by atoms with Gasteiger partial charge in [-0.05, 0) is 29.2 Å². The molecule has 14 heavy (non-hydrogen) atoms.